The Kier molecular flexibility index (Phi) is 12.0. The van der Waals surface area contributed by atoms with Crippen molar-refractivity contribution in [3.8, 4) is 11.1 Å². The SMILES string of the molecule is COC(=O)N[C@H](C(=O)N1CCCC1C1=CC=C(c2ccc(-c3ccc(C4=CN=C(C5CCCN5C(=O)[C@@H](NC(=O)OC)C(C)C)C4)cc3)cc2)C1)C(C)C. The second-order valence-electron chi connectivity index (χ2n) is 15.3. The average Bonchev–Trinajstić information content (AvgIpc) is 4.02. The lowest BCUT2D eigenvalue weighted by molar-refractivity contribution is -0.135. The van der Waals surface area contributed by atoms with Crippen molar-refractivity contribution in [2.75, 3.05) is 27.3 Å². The number of nitrogens with one attached hydrogen (secondary N) is 2. The number of benzene rings is 2. The normalized spacial score (nSPS) is 20.7. The van der Waals surface area contributed by atoms with Crippen LogP contribution in [0.4, 0.5) is 9.59 Å². The van der Waals surface area contributed by atoms with Crippen molar-refractivity contribution in [2.24, 2.45) is 16.8 Å². The summed E-state index contributed by atoms with van der Waals surface area (Å²) in [7, 11) is 2.61. The average molecular weight is 736 g/mol. The first-order chi connectivity index (χ1) is 26.0. The van der Waals surface area contributed by atoms with E-state index in [1.54, 1.807) is 0 Å². The smallest absolute Gasteiger partial charge is 0.407 e. The van der Waals surface area contributed by atoms with Crippen LogP contribution in [0.25, 0.3) is 22.3 Å². The molecule has 4 atom stereocenters. The van der Waals surface area contributed by atoms with Gasteiger partial charge in [-0.2, -0.15) is 0 Å². The zero-order chi connectivity index (χ0) is 38.5. The summed E-state index contributed by atoms with van der Waals surface area (Å²) >= 11 is 0. The summed E-state index contributed by atoms with van der Waals surface area (Å²) in [5.41, 5.74) is 9.07. The van der Waals surface area contributed by atoms with Crippen molar-refractivity contribution in [3.63, 3.8) is 0 Å². The van der Waals surface area contributed by atoms with Gasteiger partial charge in [-0.15, -0.1) is 0 Å². The fraction of sp³-hybridized carbons (Fsp3) is 0.465. The lowest BCUT2D eigenvalue weighted by Crippen LogP contribution is -2.53. The molecule has 0 bridgehead atoms. The third kappa shape index (κ3) is 8.30. The minimum atomic E-state index is -0.653. The predicted octanol–water partition coefficient (Wildman–Crippen LogP) is 7.00. The first-order valence-corrected chi connectivity index (χ1v) is 19.2. The third-order valence-corrected chi connectivity index (χ3v) is 11.2. The number of aliphatic imine (C=N–C) groups is 1. The number of amides is 4. The predicted molar refractivity (Wildman–Crippen MR) is 210 cm³/mol. The van der Waals surface area contributed by atoms with Crippen LogP contribution in [0.3, 0.4) is 0 Å². The van der Waals surface area contributed by atoms with Crippen LogP contribution in [-0.4, -0.2) is 91.0 Å². The lowest BCUT2D eigenvalue weighted by atomic mass is 9.94. The summed E-state index contributed by atoms with van der Waals surface area (Å²) in [5, 5.41) is 5.45. The van der Waals surface area contributed by atoms with Gasteiger partial charge in [0.1, 0.15) is 12.1 Å². The molecule has 0 radical (unpaired) electrons. The fourth-order valence-corrected chi connectivity index (χ4v) is 8.10. The molecule has 3 heterocycles. The Morgan fingerprint density at radius 1 is 0.648 bits per heavy atom. The van der Waals surface area contributed by atoms with E-state index >= 15 is 0 Å². The minimum Gasteiger partial charge on any atom is -0.453 e. The van der Waals surface area contributed by atoms with Crippen LogP contribution in [0.1, 0.15) is 77.3 Å². The van der Waals surface area contributed by atoms with Gasteiger partial charge < -0.3 is 29.9 Å². The van der Waals surface area contributed by atoms with E-state index in [4.69, 9.17) is 14.5 Å². The highest BCUT2D eigenvalue weighted by atomic mass is 16.5. The number of hydrogen-bond acceptors (Lipinski definition) is 7. The number of carbonyl (C=O) groups is 4. The summed E-state index contributed by atoms with van der Waals surface area (Å²) in [6.07, 6.45) is 10.1. The van der Waals surface area contributed by atoms with Crippen LogP contribution in [-0.2, 0) is 19.1 Å². The van der Waals surface area contributed by atoms with Gasteiger partial charge in [-0.1, -0.05) is 88.4 Å². The van der Waals surface area contributed by atoms with Gasteiger partial charge in [0, 0.05) is 31.4 Å². The van der Waals surface area contributed by atoms with Crippen LogP contribution >= 0.6 is 0 Å². The van der Waals surface area contributed by atoms with Crippen LogP contribution in [0, 0.1) is 11.8 Å². The Morgan fingerprint density at radius 2 is 1.11 bits per heavy atom. The number of carbonyl (C=O) groups excluding carboxylic acids is 4. The van der Waals surface area contributed by atoms with E-state index in [-0.39, 0.29) is 35.7 Å². The number of allylic oxidation sites excluding steroid dienone is 4. The summed E-state index contributed by atoms with van der Waals surface area (Å²) in [4.78, 5) is 59.6. The minimum absolute atomic E-state index is 0.0216. The van der Waals surface area contributed by atoms with Gasteiger partial charge in [-0.05, 0) is 82.9 Å². The first-order valence-electron chi connectivity index (χ1n) is 19.2. The number of alkyl carbamates (subject to hydrolysis) is 2. The Balaban J connectivity index is 1.04. The van der Waals surface area contributed by atoms with E-state index in [1.165, 1.54) is 25.4 Å². The molecule has 3 aliphatic heterocycles. The molecule has 2 saturated heterocycles. The first kappa shape index (κ1) is 38.5. The van der Waals surface area contributed by atoms with Crippen molar-refractivity contribution >= 4 is 40.9 Å². The quantitative estimate of drug-likeness (QED) is 0.256. The Morgan fingerprint density at radius 3 is 1.61 bits per heavy atom. The molecule has 11 heteroatoms. The van der Waals surface area contributed by atoms with E-state index in [1.807, 2.05) is 43.7 Å². The molecule has 4 amide bonds. The monoisotopic (exact) mass is 735 g/mol. The summed E-state index contributed by atoms with van der Waals surface area (Å²) in [6.45, 7) is 9.03. The highest BCUT2D eigenvalue weighted by Crippen LogP contribution is 2.37. The molecule has 2 fully saturated rings. The summed E-state index contributed by atoms with van der Waals surface area (Å²) in [5.74, 6) is -0.289. The maximum Gasteiger partial charge on any atom is 0.407 e. The van der Waals surface area contributed by atoms with Crippen molar-refractivity contribution in [1.29, 1.82) is 0 Å². The summed E-state index contributed by atoms with van der Waals surface area (Å²) < 4.78 is 9.54. The molecular weight excluding hydrogens is 683 g/mol. The highest BCUT2D eigenvalue weighted by Gasteiger charge is 2.39. The number of methoxy groups -OCH3 is 2. The van der Waals surface area contributed by atoms with Crippen LogP contribution in [0.5, 0.6) is 0 Å². The standard InChI is InChI=1S/C43H53N5O6/c1-26(2)38(45-42(51)53-5)40(49)47-21-7-9-36(47)33-20-19-32(23-33)30-15-11-28(12-16-30)29-13-17-31(18-14-29)34-24-35(44-25-34)37-10-8-22-48(37)41(50)39(27(3)4)46-43(52)54-6/h11-20,25-27,36-39H,7-10,21-24H2,1-6H3,(H,45,51)(H,46,52)/t36?,37?,38-,39-/m0/s1. The van der Waals surface area contributed by atoms with Gasteiger partial charge in [0.25, 0.3) is 0 Å². The number of rotatable bonds is 11. The number of likely N-dealkylation sites (tertiary alicyclic amines) is 2. The fourth-order valence-electron chi connectivity index (χ4n) is 8.10. The molecular formula is C43H53N5O6. The zero-order valence-corrected chi connectivity index (χ0v) is 32.3. The second-order valence-corrected chi connectivity index (χ2v) is 15.3. The molecule has 2 aromatic rings. The van der Waals surface area contributed by atoms with Gasteiger partial charge in [0.15, 0.2) is 0 Å². The van der Waals surface area contributed by atoms with Crippen LogP contribution in [0.15, 0.2) is 77.4 Å². The molecule has 4 aliphatic rings. The van der Waals surface area contributed by atoms with Crippen molar-refractivity contribution in [3.05, 3.63) is 83.6 Å². The van der Waals surface area contributed by atoms with Crippen molar-refractivity contribution in [2.45, 2.75) is 90.4 Å². The molecule has 6 rings (SSSR count). The van der Waals surface area contributed by atoms with Crippen molar-refractivity contribution in [1.82, 2.24) is 20.4 Å². The lowest BCUT2D eigenvalue weighted by Gasteiger charge is -2.31. The van der Waals surface area contributed by atoms with Gasteiger partial charge >= 0.3 is 12.2 Å². The van der Waals surface area contributed by atoms with E-state index in [9.17, 15) is 19.2 Å². The van der Waals surface area contributed by atoms with Crippen molar-refractivity contribution < 1.29 is 28.7 Å². The van der Waals surface area contributed by atoms with E-state index in [0.717, 1.165) is 65.6 Å². The topological polar surface area (TPSA) is 130 Å². The van der Waals surface area contributed by atoms with Gasteiger partial charge in [-0.3, -0.25) is 14.6 Å². The van der Waals surface area contributed by atoms with Gasteiger partial charge in [0.05, 0.1) is 26.3 Å². The molecule has 0 saturated carbocycles. The molecule has 0 spiro atoms. The number of hydrogen-bond donors (Lipinski definition) is 2. The molecule has 54 heavy (non-hydrogen) atoms. The maximum absolute atomic E-state index is 13.6. The second kappa shape index (κ2) is 16.9. The van der Waals surface area contributed by atoms with Gasteiger partial charge in [0.2, 0.25) is 11.8 Å². The summed E-state index contributed by atoms with van der Waals surface area (Å²) in [6, 6.07) is 15.8. The molecule has 2 N–H and O–H groups in total. The molecule has 286 valence electrons. The Hall–Kier alpha value is -5.19. The van der Waals surface area contributed by atoms with E-state index in [2.05, 4.69) is 71.3 Å². The third-order valence-electron chi connectivity index (χ3n) is 11.2. The van der Waals surface area contributed by atoms with Crippen LogP contribution < -0.4 is 10.6 Å². The highest BCUT2D eigenvalue weighted by molar-refractivity contribution is 6.04. The maximum atomic E-state index is 13.6. The van der Waals surface area contributed by atoms with Gasteiger partial charge in [-0.25, -0.2) is 9.59 Å². The van der Waals surface area contributed by atoms with E-state index < -0.39 is 24.3 Å². The molecule has 1 aliphatic carbocycles. The molecule has 0 aromatic heterocycles. The van der Waals surface area contributed by atoms with E-state index in [0.29, 0.717) is 19.5 Å². The zero-order valence-electron chi connectivity index (χ0n) is 32.3. The largest absolute Gasteiger partial charge is 0.453 e. The number of nitrogens with zero attached hydrogens (tertiary/aromatic N) is 3. The Labute approximate surface area is 318 Å². The van der Waals surface area contributed by atoms with Crippen LogP contribution in [0.2, 0.25) is 0 Å². The Bertz CT molecular complexity index is 1720. The molecule has 2 unspecified atom stereocenters. The number of ether oxygens (including phenoxy) is 2. The molecule has 2 aromatic carbocycles. The molecule has 11 nitrogen and oxygen atoms in total.